The number of hydrogen-bond acceptors (Lipinski definition) is 1. The summed E-state index contributed by atoms with van der Waals surface area (Å²) < 4.78 is 0. The maximum absolute atomic E-state index is 5.54. The maximum Gasteiger partial charge on any atom is -0.00772 e. The topological polar surface area (TPSA) is 26.0 Å². The third-order valence-electron chi connectivity index (χ3n) is 2.43. The molecule has 0 aromatic rings. The van der Waals surface area contributed by atoms with Crippen molar-refractivity contribution < 1.29 is 0 Å². The van der Waals surface area contributed by atoms with Gasteiger partial charge in [0.25, 0.3) is 0 Å². The van der Waals surface area contributed by atoms with Crippen molar-refractivity contribution in [2.75, 3.05) is 6.54 Å². The van der Waals surface area contributed by atoms with Crippen molar-refractivity contribution in [3.63, 3.8) is 0 Å². The minimum Gasteiger partial charge on any atom is -0.330 e. The van der Waals surface area contributed by atoms with Crippen molar-refractivity contribution in [3.8, 4) is 0 Å². The highest BCUT2D eigenvalue weighted by Gasteiger charge is 2.11. The van der Waals surface area contributed by atoms with E-state index < -0.39 is 0 Å². The largest absolute Gasteiger partial charge is 0.330 e. The molecule has 2 N–H and O–H groups in total. The molecular formula is C12H27N. The lowest BCUT2D eigenvalue weighted by Crippen LogP contribution is -2.10. The van der Waals surface area contributed by atoms with Crippen LogP contribution in [0.3, 0.4) is 0 Å². The Morgan fingerprint density at radius 3 is 1.69 bits per heavy atom. The highest BCUT2D eigenvalue weighted by atomic mass is 14.5. The molecule has 0 aliphatic rings. The molecule has 0 fully saturated rings. The van der Waals surface area contributed by atoms with E-state index in [1.807, 2.05) is 0 Å². The fraction of sp³-hybridized carbons (Fsp3) is 1.00. The van der Waals surface area contributed by atoms with E-state index in [1.54, 1.807) is 0 Å². The average Bonchev–Trinajstić information content (AvgIpc) is 1.98. The summed E-state index contributed by atoms with van der Waals surface area (Å²) in [6.07, 6.45) is 5.27. The Kier molecular flexibility index (Phi) is 7.35. The van der Waals surface area contributed by atoms with Gasteiger partial charge in [0.1, 0.15) is 0 Å². The normalized spacial score (nSPS) is 12.0. The zero-order valence-electron chi connectivity index (χ0n) is 9.84. The van der Waals surface area contributed by atoms with Crippen LogP contribution in [0.25, 0.3) is 0 Å². The van der Waals surface area contributed by atoms with E-state index in [0.29, 0.717) is 0 Å². The van der Waals surface area contributed by atoms with Gasteiger partial charge < -0.3 is 5.73 Å². The lowest BCUT2D eigenvalue weighted by atomic mass is 9.86. The fourth-order valence-electron chi connectivity index (χ4n) is 2.07. The zero-order chi connectivity index (χ0) is 10.3. The number of nitrogens with two attached hydrogens (primary N) is 1. The molecule has 0 rings (SSSR count). The highest BCUT2D eigenvalue weighted by molar-refractivity contribution is 4.64. The summed E-state index contributed by atoms with van der Waals surface area (Å²) >= 11 is 0. The van der Waals surface area contributed by atoms with E-state index in [9.17, 15) is 0 Å². The van der Waals surface area contributed by atoms with Crippen molar-refractivity contribution >= 4 is 0 Å². The monoisotopic (exact) mass is 185 g/mol. The summed E-state index contributed by atoms with van der Waals surface area (Å²) in [5.41, 5.74) is 5.54. The molecule has 13 heavy (non-hydrogen) atoms. The summed E-state index contributed by atoms with van der Waals surface area (Å²) in [6, 6.07) is 0. The van der Waals surface area contributed by atoms with Crippen LogP contribution in [0.5, 0.6) is 0 Å². The van der Waals surface area contributed by atoms with Gasteiger partial charge in [-0.05, 0) is 50.0 Å². The van der Waals surface area contributed by atoms with Crippen LogP contribution >= 0.6 is 0 Å². The SMILES string of the molecule is CC(C)CC(CCCN)CC(C)C. The van der Waals surface area contributed by atoms with Crippen LogP contribution in [0.1, 0.15) is 53.4 Å². The van der Waals surface area contributed by atoms with Crippen LogP contribution in [0.15, 0.2) is 0 Å². The molecule has 0 aliphatic carbocycles. The molecule has 0 heterocycles. The summed E-state index contributed by atoms with van der Waals surface area (Å²) in [5, 5.41) is 0. The summed E-state index contributed by atoms with van der Waals surface area (Å²) in [5.74, 6) is 2.58. The van der Waals surface area contributed by atoms with E-state index in [1.165, 1.54) is 25.7 Å². The Hall–Kier alpha value is -0.0400. The molecule has 0 saturated carbocycles. The van der Waals surface area contributed by atoms with Gasteiger partial charge in [-0.15, -0.1) is 0 Å². The predicted octanol–water partition coefficient (Wildman–Crippen LogP) is 3.43. The minimum atomic E-state index is 0.835. The Balaban J connectivity index is 3.73. The van der Waals surface area contributed by atoms with Gasteiger partial charge in [-0.25, -0.2) is 0 Å². The van der Waals surface area contributed by atoms with Gasteiger partial charge in [0.05, 0.1) is 0 Å². The number of hydrogen-bond donors (Lipinski definition) is 1. The van der Waals surface area contributed by atoms with Gasteiger partial charge in [0.2, 0.25) is 0 Å². The lowest BCUT2D eigenvalue weighted by Gasteiger charge is -2.20. The molecule has 0 spiro atoms. The molecule has 0 amide bonds. The van der Waals surface area contributed by atoms with Crippen LogP contribution in [-0.4, -0.2) is 6.54 Å². The standard InChI is InChI=1S/C12H27N/c1-10(2)8-12(6-5-7-13)9-11(3)4/h10-12H,5-9,13H2,1-4H3. The van der Waals surface area contributed by atoms with E-state index >= 15 is 0 Å². The Morgan fingerprint density at radius 2 is 1.38 bits per heavy atom. The van der Waals surface area contributed by atoms with Crippen LogP contribution < -0.4 is 5.73 Å². The molecule has 0 radical (unpaired) electrons. The Labute approximate surface area is 84.1 Å². The van der Waals surface area contributed by atoms with Crippen molar-refractivity contribution in [2.45, 2.75) is 53.4 Å². The van der Waals surface area contributed by atoms with Crippen molar-refractivity contribution in [3.05, 3.63) is 0 Å². The van der Waals surface area contributed by atoms with Crippen molar-refractivity contribution in [1.82, 2.24) is 0 Å². The van der Waals surface area contributed by atoms with E-state index in [2.05, 4.69) is 27.7 Å². The van der Waals surface area contributed by atoms with E-state index in [-0.39, 0.29) is 0 Å². The van der Waals surface area contributed by atoms with Crippen molar-refractivity contribution in [1.29, 1.82) is 0 Å². The van der Waals surface area contributed by atoms with Gasteiger partial charge in [-0.2, -0.15) is 0 Å². The molecule has 1 heteroatoms. The molecule has 0 unspecified atom stereocenters. The first kappa shape index (κ1) is 13.0. The second kappa shape index (κ2) is 7.37. The molecule has 1 nitrogen and oxygen atoms in total. The fourth-order valence-corrected chi connectivity index (χ4v) is 2.07. The van der Waals surface area contributed by atoms with Crippen LogP contribution in [-0.2, 0) is 0 Å². The second-order valence-corrected chi connectivity index (χ2v) is 5.06. The first-order chi connectivity index (χ1) is 6.06. The van der Waals surface area contributed by atoms with Crippen molar-refractivity contribution in [2.24, 2.45) is 23.5 Å². The molecule has 0 saturated heterocycles. The van der Waals surface area contributed by atoms with Gasteiger partial charge in [0.15, 0.2) is 0 Å². The summed E-state index contributed by atoms with van der Waals surface area (Å²) in [4.78, 5) is 0. The molecule has 0 aromatic heterocycles. The summed E-state index contributed by atoms with van der Waals surface area (Å²) in [7, 11) is 0. The molecule has 0 aromatic carbocycles. The first-order valence-corrected chi connectivity index (χ1v) is 5.76. The second-order valence-electron chi connectivity index (χ2n) is 5.06. The maximum atomic E-state index is 5.54. The summed E-state index contributed by atoms with van der Waals surface area (Å²) in [6.45, 7) is 10.1. The molecule has 0 bridgehead atoms. The third kappa shape index (κ3) is 8.29. The molecular weight excluding hydrogens is 158 g/mol. The molecule has 0 atom stereocenters. The van der Waals surface area contributed by atoms with Crippen LogP contribution in [0, 0.1) is 17.8 Å². The smallest absolute Gasteiger partial charge is 0.00772 e. The van der Waals surface area contributed by atoms with Crippen LogP contribution in [0.4, 0.5) is 0 Å². The number of rotatable bonds is 7. The quantitative estimate of drug-likeness (QED) is 0.646. The zero-order valence-corrected chi connectivity index (χ0v) is 9.84. The first-order valence-electron chi connectivity index (χ1n) is 5.76. The highest BCUT2D eigenvalue weighted by Crippen LogP contribution is 2.23. The third-order valence-corrected chi connectivity index (χ3v) is 2.43. The minimum absolute atomic E-state index is 0.835. The van der Waals surface area contributed by atoms with E-state index in [4.69, 9.17) is 5.73 Å². The van der Waals surface area contributed by atoms with Crippen LogP contribution in [0.2, 0.25) is 0 Å². The predicted molar refractivity (Wildman–Crippen MR) is 60.7 cm³/mol. The Bertz CT molecular complexity index is 97.7. The Morgan fingerprint density at radius 1 is 0.923 bits per heavy atom. The van der Waals surface area contributed by atoms with Gasteiger partial charge in [-0.1, -0.05) is 27.7 Å². The van der Waals surface area contributed by atoms with E-state index in [0.717, 1.165) is 24.3 Å². The van der Waals surface area contributed by atoms with Gasteiger partial charge in [0, 0.05) is 0 Å². The van der Waals surface area contributed by atoms with Gasteiger partial charge in [-0.3, -0.25) is 0 Å². The molecule has 80 valence electrons. The molecule has 0 aliphatic heterocycles. The van der Waals surface area contributed by atoms with Gasteiger partial charge >= 0.3 is 0 Å². The lowest BCUT2D eigenvalue weighted by molar-refractivity contribution is 0.320. The average molecular weight is 185 g/mol.